The van der Waals surface area contributed by atoms with Gasteiger partial charge in [0.1, 0.15) is 5.58 Å². The molecule has 4 aromatic carbocycles. The van der Waals surface area contributed by atoms with Crippen LogP contribution in [0.25, 0.3) is 32.5 Å². The molecular formula is C24H17NO2. The van der Waals surface area contributed by atoms with Gasteiger partial charge in [-0.2, -0.15) is 0 Å². The van der Waals surface area contributed by atoms with E-state index in [9.17, 15) is 4.79 Å². The maximum atomic E-state index is 12.7. The minimum absolute atomic E-state index is 0.205. The molecule has 3 heteroatoms. The predicted molar refractivity (Wildman–Crippen MR) is 109 cm³/mol. The summed E-state index contributed by atoms with van der Waals surface area (Å²) >= 11 is 0. The third kappa shape index (κ3) is 2.74. The summed E-state index contributed by atoms with van der Waals surface area (Å²) < 4.78 is 5.80. The van der Waals surface area contributed by atoms with Crippen molar-refractivity contribution >= 4 is 38.4 Å². The third-order valence-electron chi connectivity index (χ3n) is 4.97. The third-order valence-corrected chi connectivity index (χ3v) is 4.97. The molecule has 0 radical (unpaired) electrons. The van der Waals surface area contributed by atoms with Gasteiger partial charge in [0, 0.05) is 11.9 Å². The minimum Gasteiger partial charge on any atom is -0.451 e. The lowest BCUT2D eigenvalue weighted by molar-refractivity contribution is 0.0925. The topological polar surface area (TPSA) is 42.2 Å². The maximum absolute atomic E-state index is 12.7. The average Bonchev–Trinajstić information content (AvgIpc) is 3.17. The van der Waals surface area contributed by atoms with Crippen molar-refractivity contribution in [3.63, 3.8) is 0 Å². The zero-order chi connectivity index (χ0) is 18.2. The smallest absolute Gasteiger partial charge is 0.287 e. The van der Waals surface area contributed by atoms with Gasteiger partial charge in [-0.15, -0.1) is 0 Å². The van der Waals surface area contributed by atoms with Crippen molar-refractivity contribution in [2.24, 2.45) is 0 Å². The number of fused-ring (bicyclic) bond motifs is 4. The number of rotatable bonds is 3. The van der Waals surface area contributed by atoms with Gasteiger partial charge in [-0.25, -0.2) is 0 Å². The first kappa shape index (κ1) is 15.6. The Morgan fingerprint density at radius 2 is 1.44 bits per heavy atom. The van der Waals surface area contributed by atoms with Gasteiger partial charge in [0.05, 0.1) is 0 Å². The Labute approximate surface area is 156 Å². The van der Waals surface area contributed by atoms with Crippen LogP contribution in [-0.2, 0) is 6.54 Å². The molecule has 0 aliphatic heterocycles. The van der Waals surface area contributed by atoms with Gasteiger partial charge in [-0.1, -0.05) is 72.8 Å². The summed E-state index contributed by atoms with van der Waals surface area (Å²) in [6.07, 6.45) is 0. The highest BCUT2D eigenvalue weighted by molar-refractivity contribution is 6.08. The number of benzene rings is 4. The normalized spacial score (nSPS) is 11.3. The molecule has 0 fully saturated rings. The lowest BCUT2D eigenvalue weighted by Crippen LogP contribution is -2.22. The number of furan rings is 1. The quantitative estimate of drug-likeness (QED) is 0.455. The molecule has 0 spiro atoms. The van der Waals surface area contributed by atoms with E-state index in [2.05, 4.69) is 29.6 Å². The SMILES string of the molecule is O=C(NCc1cccc2ccccc12)c1cc2c(ccc3ccccc32)o1. The largest absolute Gasteiger partial charge is 0.451 e. The second-order valence-corrected chi connectivity index (χ2v) is 6.63. The Morgan fingerprint density at radius 1 is 0.741 bits per heavy atom. The number of nitrogens with one attached hydrogen (secondary N) is 1. The highest BCUT2D eigenvalue weighted by Crippen LogP contribution is 2.28. The van der Waals surface area contributed by atoms with Crippen LogP contribution in [0.2, 0.25) is 0 Å². The number of hydrogen-bond donors (Lipinski definition) is 1. The van der Waals surface area contributed by atoms with E-state index in [0.29, 0.717) is 12.3 Å². The predicted octanol–water partition coefficient (Wildman–Crippen LogP) is 5.67. The molecular weight excluding hydrogens is 334 g/mol. The van der Waals surface area contributed by atoms with E-state index in [1.54, 1.807) is 0 Å². The van der Waals surface area contributed by atoms with Crippen LogP contribution >= 0.6 is 0 Å². The Kier molecular flexibility index (Phi) is 3.65. The molecule has 3 nitrogen and oxygen atoms in total. The summed E-state index contributed by atoms with van der Waals surface area (Å²) in [5, 5.41) is 8.48. The van der Waals surface area contributed by atoms with Gasteiger partial charge in [0.2, 0.25) is 0 Å². The van der Waals surface area contributed by atoms with Crippen molar-refractivity contribution in [3.05, 3.63) is 96.3 Å². The Morgan fingerprint density at radius 3 is 2.30 bits per heavy atom. The summed E-state index contributed by atoms with van der Waals surface area (Å²) in [6, 6.07) is 28.2. The first-order valence-electron chi connectivity index (χ1n) is 8.96. The average molecular weight is 351 g/mol. The first-order valence-corrected chi connectivity index (χ1v) is 8.96. The summed E-state index contributed by atoms with van der Waals surface area (Å²) in [7, 11) is 0. The number of carbonyl (C=O) groups excluding carboxylic acids is 1. The van der Waals surface area contributed by atoms with Crippen molar-refractivity contribution in [1.29, 1.82) is 0 Å². The van der Waals surface area contributed by atoms with Crippen LogP contribution in [0.3, 0.4) is 0 Å². The van der Waals surface area contributed by atoms with Crippen LogP contribution < -0.4 is 5.32 Å². The van der Waals surface area contributed by atoms with Crippen LogP contribution in [0.4, 0.5) is 0 Å². The first-order chi connectivity index (χ1) is 13.3. The fraction of sp³-hybridized carbons (Fsp3) is 0.0417. The molecule has 0 aliphatic carbocycles. The van der Waals surface area contributed by atoms with E-state index in [4.69, 9.17) is 4.42 Å². The zero-order valence-electron chi connectivity index (χ0n) is 14.6. The molecule has 5 rings (SSSR count). The van der Waals surface area contributed by atoms with Gasteiger partial charge in [-0.05, 0) is 39.2 Å². The van der Waals surface area contributed by atoms with E-state index in [-0.39, 0.29) is 5.91 Å². The molecule has 5 aromatic rings. The number of hydrogen-bond acceptors (Lipinski definition) is 2. The van der Waals surface area contributed by atoms with Crippen molar-refractivity contribution in [2.75, 3.05) is 0 Å². The number of carbonyl (C=O) groups is 1. The molecule has 0 aliphatic rings. The van der Waals surface area contributed by atoms with E-state index >= 15 is 0 Å². The molecule has 1 aromatic heterocycles. The van der Waals surface area contributed by atoms with E-state index in [1.165, 1.54) is 5.39 Å². The van der Waals surface area contributed by atoms with Gasteiger partial charge in [0.25, 0.3) is 5.91 Å². The summed E-state index contributed by atoms with van der Waals surface area (Å²) in [6.45, 7) is 0.456. The number of amides is 1. The van der Waals surface area contributed by atoms with E-state index < -0.39 is 0 Å². The van der Waals surface area contributed by atoms with Gasteiger partial charge < -0.3 is 9.73 Å². The molecule has 27 heavy (non-hydrogen) atoms. The molecule has 130 valence electrons. The van der Waals surface area contributed by atoms with Crippen molar-refractivity contribution in [1.82, 2.24) is 5.32 Å². The monoisotopic (exact) mass is 351 g/mol. The van der Waals surface area contributed by atoms with Crippen LogP contribution in [0, 0.1) is 0 Å². The Hall–Kier alpha value is -3.59. The second-order valence-electron chi connectivity index (χ2n) is 6.63. The van der Waals surface area contributed by atoms with Crippen LogP contribution in [-0.4, -0.2) is 5.91 Å². The molecule has 0 atom stereocenters. The van der Waals surface area contributed by atoms with Crippen molar-refractivity contribution in [2.45, 2.75) is 6.54 Å². The minimum atomic E-state index is -0.205. The zero-order valence-corrected chi connectivity index (χ0v) is 14.6. The van der Waals surface area contributed by atoms with E-state index in [1.807, 2.05) is 60.7 Å². The van der Waals surface area contributed by atoms with Crippen molar-refractivity contribution < 1.29 is 9.21 Å². The van der Waals surface area contributed by atoms with Crippen LogP contribution in [0.5, 0.6) is 0 Å². The summed E-state index contributed by atoms with van der Waals surface area (Å²) in [5.74, 6) is 0.129. The van der Waals surface area contributed by atoms with Gasteiger partial charge in [-0.3, -0.25) is 4.79 Å². The molecule has 0 saturated carbocycles. The van der Waals surface area contributed by atoms with Gasteiger partial charge in [0.15, 0.2) is 5.76 Å². The van der Waals surface area contributed by atoms with Gasteiger partial charge >= 0.3 is 0 Å². The lowest BCUT2D eigenvalue weighted by Gasteiger charge is -2.07. The Bertz CT molecular complexity index is 1290. The highest BCUT2D eigenvalue weighted by Gasteiger charge is 2.14. The molecule has 1 N–H and O–H groups in total. The lowest BCUT2D eigenvalue weighted by atomic mass is 10.0. The highest BCUT2D eigenvalue weighted by atomic mass is 16.3. The molecule has 0 saturated heterocycles. The summed E-state index contributed by atoms with van der Waals surface area (Å²) in [5.41, 5.74) is 1.81. The second kappa shape index (κ2) is 6.29. The van der Waals surface area contributed by atoms with Crippen LogP contribution in [0.15, 0.2) is 89.3 Å². The molecule has 0 unspecified atom stereocenters. The Balaban J connectivity index is 1.45. The molecule has 0 bridgehead atoms. The molecule has 1 amide bonds. The van der Waals surface area contributed by atoms with Crippen molar-refractivity contribution in [3.8, 4) is 0 Å². The standard InChI is InChI=1S/C24H17NO2/c26-24(25-15-18-9-5-8-16-6-1-3-10-19(16)18)23-14-21-20-11-4-2-7-17(20)12-13-22(21)27-23/h1-14H,15H2,(H,25,26). The summed E-state index contributed by atoms with van der Waals surface area (Å²) in [4.78, 5) is 12.7. The van der Waals surface area contributed by atoms with Crippen LogP contribution in [0.1, 0.15) is 16.1 Å². The fourth-order valence-electron chi connectivity index (χ4n) is 3.61. The maximum Gasteiger partial charge on any atom is 0.287 e. The van der Waals surface area contributed by atoms with E-state index in [0.717, 1.165) is 32.7 Å². The molecule has 1 heterocycles. The fourth-order valence-corrected chi connectivity index (χ4v) is 3.61.